The molecule has 0 bridgehead atoms. The van der Waals surface area contributed by atoms with Gasteiger partial charge in [0, 0.05) is 17.7 Å². The maximum atomic E-state index is 11.3. The van der Waals surface area contributed by atoms with Crippen molar-refractivity contribution >= 4 is 12.9 Å². The number of rotatable bonds is 3. The highest BCUT2D eigenvalue weighted by Gasteiger charge is 2.52. The lowest BCUT2D eigenvalue weighted by Gasteiger charge is -1.95. The van der Waals surface area contributed by atoms with Gasteiger partial charge >= 0.3 is 7.12 Å². The van der Waals surface area contributed by atoms with Gasteiger partial charge in [-0.2, -0.15) is 0 Å². The van der Waals surface area contributed by atoms with Crippen LogP contribution in [-0.2, 0) is 4.79 Å². The van der Waals surface area contributed by atoms with Gasteiger partial charge in [-0.3, -0.25) is 4.79 Å². The van der Waals surface area contributed by atoms with Crippen LogP contribution in [-0.4, -0.2) is 22.9 Å². The van der Waals surface area contributed by atoms with Gasteiger partial charge in [0.2, 0.25) is 0 Å². The SMILES string of the molecule is O=C(C1CC1)C1CC1B(O)O. The van der Waals surface area contributed by atoms with Crippen molar-refractivity contribution in [2.75, 3.05) is 0 Å². The van der Waals surface area contributed by atoms with E-state index in [-0.39, 0.29) is 23.4 Å². The van der Waals surface area contributed by atoms with E-state index in [1.165, 1.54) is 0 Å². The minimum atomic E-state index is -1.28. The fourth-order valence-corrected chi connectivity index (χ4v) is 1.54. The van der Waals surface area contributed by atoms with Crippen molar-refractivity contribution in [1.29, 1.82) is 0 Å². The van der Waals surface area contributed by atoms with Crippen molar-refractivity contribution in [3.05, 3.63) is 0 Å². The van der Waals surface area contributed by atoms with Gasteiger partial charge in [-0.15, -0.1) is 0 Å². The van der Waals surface area contributed by atoms with Gasteiger partial charge < -0.3 is 10.0 Å². The van der Waals surface area contributed by atoms with Crippen LogP contribution in [0.1, 0.15) is 19.3 Å². The van der Waals surface area contributed by atoms with Crippen LogP contribution >= 0.6 is 0 Å². The number of Topliss-reactive ketones (excluding diaryl/α,β-unsaturated/α-hetero) is 1. The molecule has 0 aromatic carbocycles. The van der Waals surface area contributed by atoms with Gasteiger partial charge in [0.05, 0.1) is 0 Å². The summed E-state index contributed by atoms with van der Waals surface area (Å²) in [7, 11) is -1.28. The van der Waals surface area contributed by atoms with Crippen LogP contribution < -0.4 is 0 Å². The molecule has 0 amide bonds. The van der Waals surface area contributed by atoms with Gasteiger partial charge in [-0.05, 0) is 19.3 Å². The topological polar surface area (TPSA) is 57.5 Å². The molecule has 2 rings (SSSR count). The second-order valence-electron chi connectivity index (χ2n) is 3.60. The quantitative estimate of drug-likeness (QED) is 0.554. The van der Waals surface area contributed by atoms with E-state index < -0.39 is 7.12 Å². The lowest BCUT2D eigenvalue weighted by atomic mass is 9.81. The van der Waals surface area contributed by atoms with Gasteiger partial charge in [0.15, 0.2) is 0 Å². The molecule has 0 heterocycles. The van der Waals surface area contributed by atoms with E-state index in [0.29, 0.717) is 6.42 Å². The second-order valence-corrected chi connectivity index (χ2v) is 3.60. The zero-order chi connectivity index (χ0) is 8.01. The van der Waals surface area contributed by atoms with Crippen molar-refractivity contribution in [3.63, 3.8) is 0 Å². The Balaban J connectivity index is 1.85. The van der Waals surface area contributed by atoms with E-state index >= 15 is 0 Å². The number of hydrogen-bond acceptors (Lipinski definition) is 3. The van der Waals surface area contributed by atoms with Crippen molar-refractivity contribution in [2.45, 2.75) is 25.1 Å². The van der Waals surface area contributed by atoms with Crippen molar-refractivity contribution in [1.82, 2.24) is 0 Å². The maximum absolute atomic E-state index is 11.3. The Morgan fingerprint density at radius 2 is 2.00 bits per heavy atom. The first kappa shape index (κ1) is 7.31. The van der Waals surface area contributed by atoms with Gasteiger partial charge in [0.25, 0.3) is 0 Å². The normalized spacial score (nSPS) is 35.1. The molecule has 2 saturated carbocycles. The lowest BCUT2D eigenvalue weighted by molar-refractivity contribution is -0.121. The Morgan fingerprint density at radius 1 is 1.36 bits per heavy atom. The van der Waals surface area contributed by atoms with E-state index in [1.807, 2.05) is 0 Å². The van der Waals surface area contributed by atoms with E-state index in [9.17, 15) is 4.79 Å². The van der Waals surface area contributed by atoms with Crippen LogP contribution in [0.25, 0.3) is 0 Å². The van der Waals surface area contributed by atoms with Crippen LogP contribution in [0.4, 0.5) is 0 Å². The Bertz CT molecular complexity index is 188. The zero-order valence-electron chi connectivity index (χ0n) is 6.23. The Labute approximate surface area is 65.6 Å². The standard InChI is InChI=1S/C7H11BO3/c9-7(4-1-2-4)5-3-6(5)8(10)11/h4-6,10-11H,1-3H2. The Morgan fingerprint density at radius 3 is 2.36 bits per heavy atom. The minimum Gasteiger partial charge on any atom is -0.427 e. The summed E-state index contributed by atoms with van der Waals surface area (Å²) in [5, 5.41) is 17.4. The average molecular weight is 154 g/mol. The Kier molecular flexibility index (Phi) is 1.54. The molecule has 60 valence electrons. The average Bonchev–Trinajstić information content (AvgIpc) is 2.83. The molecule has 0 aromatic rings. The highest BCUT2D eigenvalue weighted by Crippen LogP contribution is 2.50. The molecule has 2 unspecified atom stereocenters. The largest absolute Gasteiger partial charge is 0.455 e. The first-order chi connectivity index (χ1) is 5.20. The molecule has 3 nitrogen and oxygen atoms in total. The summed E-state index contributed by atoms with van der Waals surface area (Å²) in [6.45, 7) is 0. The molecule has 0 aromatic heterocycles. The number of ketones is 1. The smallest absolute Gasteiger partial charge is 0.427 e. The zero-order valence-corrected chi connectivity index (χ0v) is 6.23. The summed E-state index contributed by atoms with van der Waals surface area (Å²) in [6, 6.07) is 0. The fourth-order valence-electron chi connectivity index (χ4n) is 1.54. The molecule has 0 saturated heterocycles. The second kappa shape index (κ2) is 2.32. The van der Waals surface area contributed by atoms with E-state index in [0.717, 1.165) is 12.8 Å². The van der Waals surface area contributed by atoms with E-state index in [1.54, 1.807) is 0 Å². The number of carbonyl (C=O) groups is 1. The Hall–Kier alpha value is -0.345. The third-order valence-corrected chi connectivity index (χ3v) is 2.57. The highest BCUT2D eigenvalue weighted by atomic mass is 16.4. The molecule has 2 N–H and O–H groups in total. The molecule has 2 aliphatic rings. The third-order valence-electron chi connectivity index (χ3n) is 2.57. The number of hydrogen-bond donors (Lipinski definition) is 2. The molecular weight excluding hydrogens is 143 g/mol. The predicted octanol–water partition coefficient (Wildman–Crippen LogP) is -0.172. The molecule has 4 heteroatoms. The van der Waals surface area contributed by atoms with Crippen molar-refractivity contribution in [3.8, 4) is 0 Å². The monoisotopic (exact) mass is 154 g/mol. The maximum Gasteiger partial charge on any atom is 0.455 e. The number of carbonyl (C=O) groups excluding carboxylic acids is 1. The first-order valence-electron chi connectivity index (χ1n) is 4.10. The molecule has 0 spiro atoms. The van der Waals surface area contributed by atoms with Crippen LogP contribution in [0.2, 0.25) is 5.82 Å². The van der Waals surface area contributed by atoms with Gasteiger partial charge in [-0.25, -0.2) is 0 Å². The third kappa shape index (κ3) is 1.33. The van der Waals surface area contributed by atoms with Crippen molar-refractivity contribution in [2.24, 2.45) is 11.8 Å². The molecular formula is C7H11BO3. The van der Waals surface area contributed by atoms with Crippen LogP contribution in [0.15, 0.2) is 0 Å². The van der Waals surface area contributed by atoms with Crippen LogP contribution in [0.5, 0.6) is 0 Å². The summed E-state index contributed by atoms with van der Waals surface area (Å²) in [5.74, 6) is 0.359. The molecule has 0 aliphatic heterocycles. The summed E-state index contributed by atoms with van der Waals surface area (Å²) >= 11 is 0. The summed E-state index contributed by atoms with van der Waals surface area (Å²) < 4.78 is 0. The summed E-state index contributed by atoms with van der Waals surface area (Å²) in [4.78, 5) is 11.3. The molecule has 2 aliphatic carbocycles. The fraction of sp³-hybridized carbons (Fsp3) is 0.857. The van der Waals surface area contributed by atoms with Gasteiger partial charge in [0.1, 0.15) is 5.78 Å². The van der Waals surface area contributed by atoms with E-state index in [2.05, 4.69) is 0 Å². The molecule has 0 radical (unpaired) electrons. The van der Waals surface area contributed by atoms with Crippen LogP contribution in [0, 0.1) is 11.8 Å². The summed E-state index contributed by atoms with van der Waals surface area (Å²) in [6.07, 6.45) is 2.72. The van der Waals surface area contributed by atoms with Crippen LogP contribution in [0.3, 0.4) is 0 Å². The van der Waals surface area contributed by atoms with E-state index in [4.69, 9.17) is 10.0 Å². The predicted molar refractivity (Wildman–Crippen MR) is 39.8 cm³/mol. The molecule has 2 fully saturated rings. The summed E-state index contributed by atoms with van der Waals surface area (Å²) in [5.41, 5.74) is 0. The van der Waals surface area contributed by atoms with Gasteiger partial charge in [-0.1, -0.05) is 0 Å². The lowest BCUT2D eigenvalue weighted by Crippen LogP contribution is -2.14. The first-order valence-corrected chi connectivity index (χ1v) is 4.10. The molecule has 2 atom stereocenters. The molecule has 11 heavy (non-hydrogen) atoms. The minimum absolute atomic E-state index is 0.0255. The highest BCUT2D eigenvalue weighted by molar-refractivity contribution is 6.45. The van der Waals surface area contributed by atoms with Crippen molar-refractivity contribution < 1.29 is 14.8 Å².